The van der Waals surface area contributed by atoms with Crippen molar-refractivity contribution in [2.24, 2.45) is 0 Å². The van der Waals surface area contributed by atoms with Crippen molar-refractivity contribution in [3.8, 4) is 0 Å². The number of β-amino-alcohol motifs (C(OH)–C–C–N with tert-alkyl or cyclic N) is 1. The average Bonchev–Trinajstić information content (AvgIpc) is 3.06. The van der Waals surface area contributed by atoms with E-state index in [1.807, 2.05) is 60.7 Å². The molecule has 14 heteroatoms. The Morgan fingerprint density at radius 2 is 1.18 bits per heavy atom. The largest absolute Gasteiger partial charge is 0.445 e. The van der Waals surface area contributed by atoms with Crippen molar-refractivity contribution >= 4 is 12.2 Å². The van der Waals surface area contributed by atoms with Gasteiger partial charge in [-0.15, -0.1) is 13.2 Å². The van der Waals surface area contributed by atoms with Crippen molar-refractivity contribution in [2.75, 3.05) is 59.2 Å². The summed E-state index contributed by atoms with van der Waals surface area (Å²) in [4.78, 5) is 26.0. The summed E-state index contributed by atoms with van der Waals surface area (Å²) in [5.74, 6) is -5.74. The highest BCUT2D eigenvalue weighted by molar-refractivity contribution is 5.69. The fourth-order valence-corrected chi connectivity index (χ4v) is 3.88. The van der Waals surface area contributed by atoms with Gasteiger partial charge in [-0.1, -0.05) is 79.7 Å². The number of carbonyl (C=O) groups excluding carboxylic acids is 2. The zero-order chi connectivity index (χ0) is 36.1. The first-order chi connectivity index (χ1) is 23.4. The van der Waals surface area contributed by atoms with Crippen LogP contribution in [0, 0.1) is 0 Å². The van der Waals surface area contributed by atoms with E-state index in [-0.39, 0.29) is 58.1 Å². The second-order valence-corrected chi connectivity index (χ2v) is 11.2. The minimum Gasteiger partial charge on any atom is -0.445 e. The maximum atomic E-state index is 13.4. The molecule has 0 saturated carbocycles. The number of aliphatic hydroxyl groups excluding tert-OH is 1. The van der Waals surface area contributed by atoms with Crippen LogP contribution in [0.5, 0.6) is 0 Å². The Labute approximate surface area is 284 Å². The molecule has 0 aromatic heterocycles. The van der Waals surface area contributed by atoms with Crippen LogP contribution in [0.15, 0.2) is 86.0 Å². The Morgan fingerprint density at radius 1 is 0.755 bits per heavy atom. The number of carbonyl (C=O) groups is 2. The Morgan fingerprint density at radius 3 is 1.59 bits per heavy atom. The maximum Gasteiger partial charge on any atom is 0.410 e. The monoisotopic (exact) mass is 698 g/mol. The zero-order valence-electron chi connectivity index (χ0n) is 27.7. The molecular weight excluding hydrogens is 652 g/mol. The molecule has 4 rings (SSSR count). The summed E-state index contributed by atoms with van der Waals surface area (Å²) in [5, 5.41) is 9.00. The number of likely N-dealkylation sites (tertiary alicyclic amines) is 2. The van der Waals surface area contributed by atoms with Crippen molar-refractivity contribution in [1.29, 1.82) is 0 Å². The Hall–Kier alpha value is -3.98. The van der Waals surface area contributed by atoms with Gasteiger partial charge in [0.1, 0.15) is 33.0 Å². The van der Waals surface area contributed by atoms with Crippen molar-refractivity contribution in [2.45, 2.75) is 50.6 Å². The van der Waals surface area contributed by atoms with Gasteiger partial charge in [-0.2, -0.15) is 0 Å². The Bertz CT molecular complexity index is 1240. The van der Waals surface area contributed by atoms with E-state index in [1.54, 1.807) is 0 Å². The maximum absolute atomic E-state index is 13.4. The molecule has 10 nitrogen and oxygen atoms in total. The topological polar surface area (TPSA) is 107 Å². The van der Waals surface area contributed by atoms with Gasteiger partial charge in [0.05, 0.1) is 51.6 Å². The number of hydrogen-bond acceptors (Lipinski definition) is 8. The van der Waals surface area contributed by atoms with Gasteiger partial charge >= 0.3 is 12.2 Å². The highest BCUT2D eigenvalue weighted by Crippen LogP contribution is 2.20. The van der Waals surface area contributed by atoms with Crippen LogP contribution in [0.3, 0.4) is 0 Å². The number of hydrogen-bond donors (Lipinski definition) is 1. The molecule has 0 aliphatic carbocycles. The second-order valence-electron chi connectivity index (χ2n) is 11.2. The zero-order valence-corrected chi connectivity index (χ0v) is 27.7. The number of alkyl halides is 4. The molecule has 2 aliphatic heterocycles. The van der Waals surface area contributed by atoms with Gasteiger partial charge in [-0.25, -0.2) is 27.2 Å². The third-order valence-electron chi connectivity index (χ3n) is 6.78. The molecule has 272 valence electrons. The molecule has 2 amide bonds. The molecule has 49 heavy (non-hydrogen) atoms. The first kappa shape index (κ1) is 41.2. The van der Waals surface area contributed by atoms with Gasteiger partial charge in [-0.3, -0.25) is 0 Å². The van der Waals surface area contributed by atoms with Crippen LogP contribution in [0.2, 0.25) is 0 Å². The minimum absolute atomic E-state index is 0.0695. The lowest BCUT2D eigenvalue weighted by Gasteiger charge is -2.38. The van der Waals surface area contributed by atoms with Crippen molar-refractivity contribution in [3.05, 3.63) is 97.1 Å². The molecule has 0 spiro atoms. The molecule has 2 saturated heterocycles. The number of rotatable bonds is 16. The third kappa shape index (κ3) is 17.3. The summed E-state index contributed by atoms with van der Waals surface area (Å²) < 4.78 is 76.1. The minimum atomic E-state index is -3.06. The van der Waals surface area contributed by atoms with E-state index in [9.17, 15) is 27.2 Å². The van der Waals surface area contributed by atoms with E-state index in [4.69, 9.17) is 24.1 Å². The highest BCUT2D eigenvalue weighted by atomic mass is 19.3. The molecule has 2 heterocycles. The van der Waals surface area contributed by atoms with E-state index in [0.717, 1.165) is 11.1 Å². The average molecular weight is 699 g/mol. The van der Waals surface area contributed by atoms with Crippen LogP contribution < -0.4 is 0 Å². The molecule has 2 fully saturated rings. The van der Waals surface area contributed by atoms with Crippen LogP contribution in [0.4, 0.5) is 27.2 Å². The predicted molar refractivity (Wildman–Crippen MR) is 174 cm³/mol. The molecular formula is C35H46F4N2O8. The molecule has 0 unspecified atom stereocenters. The standard InChI is InChI=1S/C17H21F2NO4.C11H13NO3.C7H12F2O/c1-2-8-22-12-17(18,19)13-24-15-9-20(10-15)16(21)23-11-14-6-4-3-5-7-14;13-10-6-12(7-10)11(14)15-8-9-4-2-1-3-5-9;1-3-5-10-6-7(8,9)4-2/h2-7,15H,1,8-13H2;1-5,10,13H,6-8H2;3H,1,4-6H2,2H3. The van der Waals surface area contributed by atoms with Crippen LogP contribution in [0.1, 0.15) is 24.5 Å². The lowest BCUT2D eigenvalue weighted by atomic mass is 10.2. The Balaban J connectivity index is 0.000000284. The lowest BCUT2D eigenvalue weighted by Crippen LogP contribution is -2.55. The van der Waals surface area contributed by atoms with Crippen LogP contribution in [-0.4, -0.2) is 110 Å². The van der Waals surface area contributed by atoms with E-state index in [0.29, 0.717) is 13.1 Å². The van der Waals surface area contributed by atoms with E-state index < -0.39 is 43.9 Å². The molecule has 0 bridgehead atoms. The number of amides is 2. The molecule has 2 aliphatic rings. The third-order valence-corrected chi connectivity index (χ3v) is 6.78. The summed E-state index contributed by atoms with van der Waals surface area (Å²) in [5.41, 5.74) is 1.85. The lowest BCUT2D eigenvalue weighted by molar-refractivity contribution is -0.153. The van der Waals surface area contributed by atoms with Crippen LogP contribution in [0.25, 0.3) is 0 Å². The number of aliphatic hydroxyl groups is 1. The molecule has 0 atom stereocenters. The number of halogens is 4. The summed E-state index contributed by atoms with van der Waals surface area (Å²) in [6.45, 7) is 8.18. The van der Waals surface area contributed by atoms with E-state index in [1.165, 1.54) is 28.9 Å². The van der Waals surface area contributed by atoms with E-state index in [2.05, 4.69) is 17.9 Å². The van der Waals surface area contributed by atoms with Gasteiger partial charge in [0.15, 0.2) is 0 Å². The van der Waals surface area contributed by atoms with Crippen molar-refractivity contribution < 1.29 is 55.9 Å². The number of benzene rings is 2. The van der Waals surface area contributed by atoms with Crippen molar-refractivity contribution in [1.82, 2.24) is 9.80 Å². The van der Waals surface area contributed by atoms with Crippen LogP contribution >= 0.6 is 0 Å². The normalized spacial score (nSPS) is 14.6. The first-order valence-corrected chi connectivity index (χ1v) is 15.7. The van der Waals surface area contributed by atoms with Gasteiger partial charge in [0, 0.05) is 6.42 Å². The fraction of sp³-hybridized carbons (Fsp3) is 0.486. The summed E-state index contributed by atoms with van der Waals surface area (Å²) in [6.07, 6.45) is 1.07. The van der Waals surface area contributed by atoms with Crippen LogP contribution in [-0.2, 0) is 36.9 Å². The molecule has 0 radical (unpaired) electrons. The van der Waals surface area contributed by atoms with Gasteiger partial charge < -0.3 is 38.6 Å². The van der Waals surface area contributed by atoms with Gasteiger partial charge in [0.25, 0.3) is 11.8 Å². The summed E-state index contributed by atoms with van der Waals surface area (Å²) in [6, 6.07) is 18.8. The number of nitrogens with zero attached hydrogens (tertiary/aromatic N) is 2. The van der Waals surface area contributed by atoms with E-state index >= 15 is 0 Å². The molecule has 1 N–H and O–H groups in total. The second kappa shape index (κ2) is 21.9. The highest BCUT2D eigenvalue weighted by Gasteiger charge is 2.37. The molecule has 2 aromatic rings. The van der Waals surface area contributed by atoms with Crippen molar-refractivity contribution in [3.63, 3.8) is 0 Å². The molecule has 2 aromatic carbocycles. The fourth-order valence-electron chi connectivity index (χ4n) is 3.88. The summed E-state index contributed by atoms with van der Waals surface area (Å²) in [7, 11) is 0. The summed E-state index contributed by atoms with van der Waals surface area (Å²) >= 11 is 0. The predicted octanol–water partition coefficient (Wildman–Crippen LogP) is 6.10. The SMILES string of the molecule is C=CCOCC(F)(F)CC.C=CCOCC(F)(F)COC1CN(C(=O)OCc2ccccc2)C1.O=C(OCc1ccccc1)N1CC(O)C1. The first-order valence-electron chi connectivity index (χ1n) is 15.7. The quantitative estimate of drug-likeness (QED) is 0.128. The van der Waals surface area contributed by atoms with Gasteiger partial charge in [-0.05, 0) is 11.1 Å². The van der Waals surface area contributed by atoms with Gasteiger partial charge in [0.2, 0.25) is 0 Å². The smallest absolute Gasteiger partial charge is 0.410 e. The number of ether oxygens (including phenoxy) is 5. The Kier molecular flexibility index (Phi) is 18.4.